The third-order valence-electron chi connectivity index (χ3n) is 9.90. The maximum Gasteiger partial charge on any atom is 0.238 e. The summed E-state index contributed by atoms with van der Waals surface area (Å²) in [6, 6.07) is 54.7. The molecule has 4 aromatic heterocycles. The summed E-state index contributed by atoms with van der Waals surface area (Å²) in [6.07, 6.45) is 0. The summed E-state index contributed by atoms with van der Waals surface area (Å²) in [6.45, 7) is 0. The number of fused-ring (bicyclic) bond motifs is 6. The lowest BCUT2D eigenvalue weighted by atomic mass is 10.0. The number of hydrogen-bond donors (Lipinski definition) is 0. The van der Waals surface area contributed by atoms with Crippen molar-refractivity contribution >= 4 is 59.9 Å². The summed E-state index contributed by atoms with van der Waals surface area (Å²) in [4.78, 5) is 21.0. The van der Waals surface area contributed by atoms with Gasteiger partial charge in [-0.05, 0) is 17.5 Å². The predicted molar refractivity (Wildman–Crippen MR) is 203 cm³/mol. The molecule has 4 heterocycles. The minimum atomic E-state index is 0.572. The number of benzene rings is 7. The van der Waals surface area contributed by atoms with Crippen LogP contribution in [0.5, 0.6) is 0 Å². The zero-order valence-electron chi connectivity index (χ0n) is 26.7. The van der Waals surface area contributed by atoms with Crippen LogP contribution in [0.15, 0.2) is 158 Å². The fourth-order valence-corrected chi connectivity index (χ4v) is 7.80. The van der Waals surface area contributed by atoms with Crippen LogP contribution in [-0.4, -0.2) is 28.9 Å². The third-order valence-corrected chi connectivity index (χ3v) is 9.90. The second kappa shape index (κ2) is 10.3. The number of imidazole rings is 1. The van der Waals surface area contributed by atoms with E-state index in [1.807, 2.05) is 36.4 Å². The average molecular weight is 639 g/mol. The van der Waals surface area contributed by atoms with E-state index in [1.54, 1.807) is 0 Å². The maximum atomic E-state index is 5.47. The van der Waals surface area contributed by atoms with E-state index in [-0.39, 0.29) is 0 Å². The highest BCUT2D eigenvalue weighted by atomic mass is 15.2. The van der Waals surface area contributed by atoms with Gasteiger partial charge in [0.1, 0.15) is 5.82 Å². The molecule has 0 aliphatic rings. The minimum Gasteiger partial charge on any atom is -0.291 e. The van der Waals surface area contributed by atoms with Crippen LogP contribution in [-0.2, 0) is 0 Å². The highest BCUT2D eigenvalue weighted by molar-refractivity contribution is 6.36. The van der Waals surface area contributed by atoms with Crippen LogP contribution in [0.4, 0.5) is 0 Å². The maximum absolute atomic E-state index is 5.47. The van der Waals surface area contributed by atoms with E-state index >= 15 is 0 Å². The Balaban J connectivity index is 1.40. The molecule has 0 saturated carbocycles. The van der Waals surface area contributed by atoms with Crippen LogP contribution >= 0.6 is 0 Å². The molecule has 0 saturated heterocycles. The standard InChI is InChI=1S/C44H26N6/c1-4-15-27(16-5-1)41-46-42(28-17-6-2-7-18-28)48-44(47-41)50-35-26-14-24-31-30-21-12-13-25-34(30)49-40-37(36(31)35)39(50)33-23-11-10-22-32(33)38(40)45-43(49)29-19-8-3-9-20-29/h1-26H. The minimum absolute atomic E-state index is 0.572. The Bertz CT molecular complexity index is 3010. The summed E-state index contributed by atoms with van der Waals surface area (Å²) in [7, 11) is 0. The molecular weight excluding hydrogens is 613 g/mol. The predicted octanol–water partition coefficient (Wildman–Crippen LogP) is 10.5. The molecular formula is C44H26N6. The summed E-state index contributed by atoms with van der Waals surface area (Å²) < 4.78 is 4.63. The van der Waals surface area contributed by atoms with Crippen molar-refractivity contribution < 1.29 is 0 Å². The number of hydrogen-bond acceptors (Lipinski definition) is 4. The van der Waals surface area contributed by atoms with Crippen molar-refractivity contribution in [3.8, 4) is 40.1 Å². The van der Waals surface area contributed by atoms with Gasteiger partial charge in [-0.1, -0.05) is 146 Å². The van der Waals surface area contributed by atoms with Crippen molar-refractivity contribution in [2.75, 3.05) is 0 Å². The van der Waals surface area contributed by atoms with Crippen molar-refractivity contribution in [2.24, 2.45) is 0 Å². The quantitative estimate of drug-likeness (QED) is 0.192. The Morgan fingerprint density at radius 1 is 0.360 bits per heavy atom. The fourth-order valence-electron chi connectivity index (χ4n) is 7.80. The van der Waals surface area contributed by atoms with Gasteiger partial charge in [-0.2, -0.15) is 9.97 Å². The van der Waals surface area contributed by atoms with Gasteiger partial charge in [0.05, 0.1) is 27.6 Å². The molecule has 6 heteroatoms. The van der Waals surface area contributed by atoms with E-state index in [4.69, 9.17) is 19.9 Å². The largest absolute Gasteiger partial charge is 0.291 e. The van der Waals surface area contributed by atoms with Gasteiger partial charge < -0.3 is 0 Å². The first-order valence-electron chi connectivity index (χ1n) is 16.8. The van der Waals surface area contributed by atoms with Gasteiger partial charge in [0.15, 0.2) is 11.6 Å². The van der Waals surface area contributed by atoms with Gasteiger partial charge in [-0.25, -0.2) is 9.97 Å². The lowest BCUT2D eigenvalue weighted by Gasteiger charge is -2.12. The van der Waals surface area contributed by atoms with Gasteiger partial charge in [0.2, 0.25) is 5.95 Å². The van der Waals surface area contributed by atoms with Gasteiger partial charge >= 0.3 is 0 Å². The second-order valence-corrected chi connectivity index (χ2v) is 12.7. The monoisotopic (exact) mass is 638 g/mol. The lowest BCUT2D eigenvalue weighted by Crippen LogP contribution is -2.06. The zero-order valence-corrected chi connectivity index (χ0v) is 26.7. The molecule has 6 nitrogen and oxygen atoms in total. The highest BCUT2D eigenvalue weighted by Gasteiger charge is 2.27. The van der Waals surface area contributed by atoms with Crippen molar-refractivity contribution in [3.05, 3.63) is 158 Å². The molecule has 0 spiro atoms. The van der Waals surface area contributed by atoms with E-state index < -0.39 is 0 Å². The Morgan fingerprint density at radius 2 is 0.900 bits per heavy atom. The highest BCUT2D eigenvalue weighted by Crippen LogP contribution is 2.47. The fraction of sp³-hybridized carbons (Fsp3) is 0. The summed E-state index contributed by atoms with van der Waals surface area (Å²) in [5.41, 5.74) is 8.18. The van der Waals surface area contributed by atoms with E-state index in [0.29, 0.717) is 17.6 Å². The first-order valence-corrected chi connectivity index (χ1v) is 16.8. The zero-order chi connectivity index (χ0) is 32.8. The van der Waals surface area contributed by atoms with Gasteiger partial charge in [-0.15, -0.1) is 0 Å². The van der Waals surface area contributed by atoms with E-state index in [0.717, 1.165) is 77.0 Å². The molecule has 11 rings (SSSR count). The smallest absolute Gasteiger partial charge is 0.238 e. The molecule has 0 fully saturated rings. The van der Waals surface area contributed by atoms with Crippen LogP contribution < -0.4 is 0 Å². The number of rotatable bonds is 4. The molecule has 0 radical (unpaired) electrons. The molecule has 0 bridgehead atoms. The topological polar surface area (TPSA) is 60.9 Å². The molecule has 0 amide bonds. The van der Waals surface area contributed by atoms with E-state index in [2.05, 4.69) is 130 Å². The van der Waals surface area contributed by atoms with Gasteiger partial charge in [0, 0.05) is 43.6 Å². The Kier molecular flexibility index (Phi) is 5.57. The summed E-state index contributed by atoms with van der Waals surface area (Å²) in [5, 5.41) is 6.79. The molecule has 0 aliphatic heterocycles. The normalized spacial score (nSPS) is 12.0. The first-order chi connectivity index (χ1) is 24.8. The van der Waals surface area contributed by atoms with Crippen LogP contribution in [0, 0.1) is 0 Å². The SMILES string of the molecule is c1ccc(-c2nc(-c3ccccc3)nc(-n3c4cccc5c6ccccc6n6c(-c7ccccc7)nc7c8ccccc8c3c(c54)c76)n2)cc1. The Morgan fingerprint density at radius 3 is 1.58 bits per heavy atom. The van der Waals surface area contributed by atoms with Crippen molar-refractivity contribution in [3.63, 3.8) is 0 Å². The Labute approximate surface area is 285 Å². The molecule has 7 aromatic carbocycles. The van der Waals surface area contributed by atoms with Crippen molar-refractivity contribution in [1.82, 2.24) is 28.9 Å². The van der Waals surface area contributed by atoms with Crippen LogP contribution in [0.25, 0.3) is 100 Å². The van der Waals surface area contributed by atoms with Crippen LogP contribution in [0.2, 0.25) is 0 Å². The number of para-hydroxylation sites is 1. The van der Waals surface area contributed by atoms with Crippen molar-refractivity contribution in [1.29, 1.82) is 0 Å². The van der Waals surface area contributed by atoms with E-state index in [9.17, 15) is 0 Å². The molecule has 0 N–H and O–H groups in total. The third kappa shape index (κ3) is 3.73. The van der Waals surface area contributed by atoms with Gasteiger partial charge in [0.25, 0.3) is 0 Å². The molecule has 0 atom stereocenters. The number of nitrogens with zero attached hydrogens (tertiary/aromatic N) is 6. The molecule has 50 heavy (non-hydrogen) atoms. The second-order valence-electron chi connectivity index (χ2n) is 12.7. The molecule has 0 aliphatic carbocycles. The lowest BCUT2D eigenvalue weighted by molar-refractivity contribution is 0.955. The molecule has 0 unspecified atom stereocenters. The van der Waals surface area contributed by atoms with Gasteiger partial charge in [-0.3, -0.25) is 8.97 Å². The van der Waals surface area contributed by atoms with E-state index in [1.165, 1.54) is 5.39 Å². The molecule has 11 aromatic rings. The Hall–Kier alpha value is -6.92. The first kappa shape index (κ1) is 27.1. The summed E-state index contributed by atoms with van der Waals surface area (Å²) in [5.74, 6) is 2.74. The average Bonchev–Trinajstić information content (AvgIpc) is 3.73. The van der Waals surface area contributed by atoms with Crippen LogP contribution in [0.1, 0.15) is 0 Å². The summed E-state index contributed by atoms with van der Waals surface area (Å²) >= 11 is 0. The van der Waals surface area contributed by atoms with Crippen LogP contribution in [0.3, 0.4) is 0 Å². The van der Waals surface area contributed by atoms with Crippen molar-refractivity contribution in [2.45, 2.75) is 0 Å². The molecule has 232 valence electrons. The number of aromatic nitrogens is 6.